The van der Waals surface area contributed by atoms with E-state index in [0.717, 1.165) is 11.3 Å². The van der Waals surface area contributed by atoms with Crippen LogP contribution in [-0.4, -0.2) is 18.4 Å². The van der Waals surface area contributed by atoms with E-state index in [0.29, 0.717) is 28.0 Å². The van der Waals surface area contributed by atoms with E-state index < -0.39 is 0 Å². The SMILES string of the molecule is COc1cc(C=O)ccc1OCc1ncc(Cl)s1. The summed E-state index contributed by atoms with van der Waals surface area (Å²) < 4.78 is 11.4. The number of nitrogens with zero attached hydrogens (tertiary/aromatic N) is 1. The highest BCUT2D eigenvalue weighted by molar-refractivity contribution is 7.15. The van der Waals surface area contributed by atoms with Gasteiger partial charge in [-0.2, -0.15) is 0 Å². The normalized spacial score (nSPS) is 10.1. The number of halogens is 1. The summed E-state index contributed by atoms with van der Waals surface area (Å²) in [6.45, 7) is 0.314. The number of hydrogen-bond donors (Lipinski definition) is 0. The zero-order chi connectivity index (χ0) is 13.0. The van der Waals surface area contributed by atoms with Gasteiger partial charge in [-0.15, -0.1) is 11.3 Å². The van der Waals surface area contributed by atoms with Crippen molar-refractivity contribution in [2.45, 2.75) is 6.61 Å². The van der Waals surface area contributed by atoms with Crippen molar-refractivity contribution in [3.63, 3.8) is 0 Å². The first-order valence-electron chi connectivity index (χ1n) is 5.09. The Morgan fingerprint density at radius 3 is 2.89 bits per heavy atom. The molecule has 0 saturated heterocycles. The molecule has 0 spiro atoms. The van der Waals surface area contributed by atoms with Gasteiger partial charge in [0.2, 0.25) is 0 Å². The fourth-order valence-electron chi connectivity index (χ4n) is 1.37. The van der Waals surface area contributed by atoms with E-state index in [2.05, 4.69) is 4.98 Å². The Morgan fingerprint density at radius 1 is 1.44 bits per heavy atom. The van der Waals surface area contributed by atoms with Gasteiger partial charge in [-0.25, -0.2) is 4.98 Å². The van der Waals surface area contributed by atoms with E-state index in [-0.39, 0.29) is 0 Å². The molecule has 0 amide bonds. The molecule has 0 aliphatic heterocycles. The lowest BCUT2D eigenvalue weighted by Gasteiger charge is -2.09. The molecule has 1 aromatic carbocycles. The first-order valence-corrected chi connectivity index (χ1v) is 6.28. The maximum Gasteiger partial charge on any atom is 0.161 e. The van der Waals surface area contributed by atoms with Crippen molar-refractivity contribution in [3.8, 4) is 11.5 Å². The van der Waals surface area contributed by atoms with Crippen LogP contribution in [0.3, 0.4) is 0 Å². The molecule has 2 aromatic rings. The Balaban J connectivity index is 2.11. The first kappa shape index (κ1) is 12.9. The molecule has 1 heterocycles. The van der Waals surface area contributed by atoms with Gasteiger partial charge < -0.3 is 9.47 Å². The van der Waals surface area contributed by atoms with Gasteiger partial charge in [0, 0.05) is 5.56 Å². The predicted octanol–water partition coefficient (Wildman–Crippen LogP) is 3.20. The number of ether oxygens (including phenoxy) is 2. The Hall–Kier alpha value is -1.59. The third-order valence-electron chi connectivity index (χ3n) is 2.20. The van der Waals surface area contributed by atoms with Gasteiger partial charge in [0.25, 0.3) is 0 Å². The van der Waals surface area contributed by atoms with Crippen LogP contribution in [0.5, 0.6) is 11.5 Å². The van der Waals surface area contributed by atoms with Crippen LogP contribution in [0.1, 0.15) is 15.4 Å². The number of aldehydes is 1. The van der Waals surface area contributed by atoms with Crippen molar-refractivity contribution in [2.24, 2.45) is 0 Å². The third kappa shape index (κ3) is 3.00. The number of hydrogen-bond acceptors (Lipinski definition) is 5. The molecule has 2 rings (SSSR count). The number of benzene rings is 1. The number of methoxy groups -OCH3 is 1. The Kier molecular flexibility index (Phi) is 4.17. The van der Waals surface area contributed by atoms with Gasteiger partial charge in [-0.05, 0) is 18.2 Å². The summed E-state index contributed by atoms with van der Waals surface area (Å²) in [6, 6.07) is 4.98. The Morgan fingerprint density at radius 2 is 2.28 bits per heavy atom. The molecular weight excluding hydrogens is 274 g/mol. The van der Waals surface area contributed by atoms with Crippen molar-refractivity contribution >= 4 is 29.2 Å². The van der Waals surface area contributed by atoms with Crippen LogP contribution in [0.2, 0.25) is 4.34 Å². The lowest BCUT2D eigenvalue weighted by molar-refractivity contribution is 0.112. The van der Waals surface area contributed by atoms with Crippen molar-refractivity contribution in [1.29, 1.82) is 0 Å². The molecule has 0 saturated carbocycles. The minimum atomic E-state index is 0.314. The molecule has 0 radical (unpaired) electrons. The van der Waals surface area contributed by atoms with Gasteiger partial charge >= 0.3 is 0 Å². The summed E-state index contributed by atoms with van der Waals surface area (Å²) in [7, 11) is 1.52. The molecule has 1 aromatic heterocycles. The van der Waals surface area contributed by atoms with Crippen LogP contribution in [0.25, 0.3) is 0 Å². The fraction of sp³-hybridized carbons (Fsp3) is 0.167. The zero-order valence-corrected chi connectivity index (χ0v) is 11.1. The highest BCUT2D eigenvalue weighted by atomic mass is 35.5. The summed E-state index contributed by atoms with van der Waals surface area (Å²) in [5.41, 5.74) is 0.538. The molecule has 4 nitrogen and oxygen atoms in total. The Labute approximate surface area is 113 Å². The number of thiazole rings is 1. The average Bonchev–Trinajstić information content (AvgIpc) is 2.82. The molecule has 0 aliphatic rings. The summed E-state index contributed by atoms with van der Waals surface area (Å²) >= 11 is 7.14. The van der Waals surface area contributed by atoms with Crippen molar-refractivity contribution in [2.75, 3.05) is 7.11 Å². The molecule has 0 unspecified atom stereocenters. The molecule has 18 heavy (non-hydrogen) atoms. The van der Waals surface area contributed by atoms with Gasteiger partial charge in [0.15, 0.2) is 11.5 Å². The molecule has 0 atom stereocenters. The van der Waals surface area contributed by atoms with Gasteiger partial charge in [0.1, 0.15) is 22.2 Å². The highest BCUT2D eigenvalue weighted by Crippen LogP contribution is 2.29. The van der Waals surface area contributed by atoms with Crippen LogP contribution in [0.15, 0.2) is 24.4 Å². The third-order valence-corrected chi connectivity index (χ3v) is 3.29. The average molecular weight is 284 g/mol. The lowest BCUT2D eigenvalue weighted by Crippen LogP contribution is -1.97. The molecular formula is C12H10ClNO3S. The summed E-state index contributed by atoms with van der Waals surface area (Å²) in [4.78, 5) is 14.7. The zero-order valence-electron chi connectivity index (χ0n) is 9.55. The fourth-order valence-corrected chi connectivity index (χ4v) is 2.24. The van der Waals surface area contributed by atoms with E-state index >= 15 is 0 Å². The smallest absolute Gasteiger partial charge is 0.161 e. The quantitative estimate of drug-likeness (QED) is 0.791. The van der Waals surface area contributed by atoms with Crippen molar-refractivity contribution in [3.05, 3.63) is 39.3 Å². The molecule has 94 valence electrons. The maximum atomic E-state index is 10.6. The molecule has 6 heteroatoms. The van der Waals surface area contributed by atoms with Crippen LogP contribution in [0.4, 0.5) is 0 Å². The van der Waals surface area contributed by atoms with Crippen LogP contribution in [-0.2, 0) is 6.61 Å². The minimum Gasteiger partial charge on any atom is -0.493 e. The minimum absolute atomic E-state index is 0.314. The monoisotopic (exact) mass is 283 g/mol. The maximum absolute atomic E-state index is 10.6. The van der Waals surface area contributed by atoms with Crippen molar-refractivity contribution < 1.29 is 14.3 Å². The second-order valence-corrected chi connectivity index (χ2v) is 5.12. The molecule has 0 aliphatic carbocycles. The second kappa shape index (κ2) is 5.84. The summed E-state index contributed by atoms with van der Waals surface area (Å²) in [5, 5.41) is 0.779. The van der Waals surface area contributed by atoms with E-state index in [4.69, 9.17) is 21.1 Å². The number of rotatable bonds is 5. The van der Waals surface area contributed by atoms with Crippen LogP contribution in [0, 0.1) is 0 Å². The number of carbonyl (C=O) groups excluding carboxylic acids is 1. The predicted molar refractivity (Wildman–Crippen MR) is 69.8 cm³/mol. The summed E-state index contributed by atoms with van der Waals surface area (Å²) in [5.74, 6) is 1.08. The molecule has 0 N–H and O–H groups in total. The van der Waals surface area contributed by atoms with Gasteiger partial charge in [-0.1, -0.05) is 11.6 Å². The van der Waals surface area contributed by atoms with Crippen LogP contribution < -0.4 is 9.47 Å². The lowest BCUT2D eigenvalue weighted by atomic mass is 10.2. The highest BCUT2D eigenvalue weighted by Gasteiger charge is 2.07. The summed E-state index contributed by atoms with van der Waals surface area (Å²) in [6.07, 6.45) is 2.34. The Bertz CT molecular complexity index is 556. The van der Waals surface area contributed by atoms with Crippen molar-refractivity contribution in [1.82, 2.24) is 4.98 Å². The van der Waals surface area contributed by atoms with Gasteiger partial charge in [-0.3, -0.25) is 4.79 Å². The van der Waals surface area contributed by atoms with E-state index in [1.807, 2.05) is 0 Å². The number of carbonyl (C=O) groups is 1. The number of aromatic nitrogens is 1. The largest absolute Gasteiger partial charge is 0.493 e. The molecule has 0 fully saturated rings. The van der Waals surface area contributed by atoms with Crippen LogP contribution >= 0.6 is 22.9 Å². The first-order chi connectivity index (χ1) is 8.72. The van der Waals surface area contributed by atoms with E-state index in [1.165, 1.54) is 18.4 Å². The van der Waals surface area contributed by atoms with Gasteiger partial charge in [0.05, 0.1) is 13.3 Å². The molecule has 0 bridgehead atoms. The van der Waals surface area contributed by atoms with E-state index in [9.17, 15) is 4.79 Å². The topological polar surface area (TPSA) is 48.4 Å². The standard InChI is InChI=1S/C12H10ClNO3S/c1-16-10-4-8(6-15)2-3-9(10)17-7-12-14-5-11(13)18-12/h2-6H,7H2,1H3. The second-order valence-electron chi connectivity index (χ2n) is 3.37. The van der Waals surface area contributed by atoms with E-state index in [1.54, 1.807) is 24.4 Å².